The Hall–Kier alpha value is -0.0800. The predicted octanol–water partition coefficient (Wildman–Crippen LogP) is 1.03. The Morgan fingerprint density at radius 2 is 1.92 bits per heavy atom. The minimum Gasteiger partial charge on any atom is -0.304 e. The van der Waals surface area contributed by atoms with Crippen molar-refractivity contribution in [3.05, 3.63) is 0 Å². The zero-order valence-corrected chi connectivity index (χ0v) is 8.29. The van der Waals surface area contributed by atoms with Crippen molar-refractivity contribution in [2.75, 3.05) is 33.2 Å². The molecule has 0 aromatic rings. The lowest BCUT2D eigenvalue weighted by Gasteiger charge is -2.44. The average molecular weight is 168 g/mol. The average Bonchev–Trinajstić information content (AvgIpc) is 2.05. The van der Waals surface area contributed by atoms with Gasteiger partial charge in [-0.1, -0.05) is 6.92 Å². The molecule has 2 fully saturated rings. The molecule has 0 saturated carbocycles. The van der Waals surface area contributed by atoms with E-state index in [0.717, 1.165) is 12.0 Å². The van der Waals surface area contributed by atoms with Gasteiger partial charge in [0.05, 0.1) is 0 Å². The van der Waals surface area contributed by atoms with Crippen LogP contribution >= 0.6 is 0 Å². The maximum absolute atomic E-state index is 2.69. The van der Waals surface area contributed by atoms with E-state index in [0.29, 0.717) is 0 Å². The molecule has 0 amide bonds. The van der Waals surface area contributed by atoms with Crippen LogP contribution in [0.25, 0.3) is 0 Å². The second kappa shape index (κ2) is 3.35. The van der Waals surface area contributed by atoms with E-state index in [2.05, 4.69) is 23.8 Å². The van der Waals surface area contributed by atoms with Crippen LogP contribution in [0.4, 0.5) is 0 Å². The van der Waals surface area contributed by atoms with Crippen LogP contribution in [0.1, 0.15) is 19.8 Å². The summed E-state index contributed by atoms with van der Waals surface area (Å²) in [4.78, 5) is 5.16. The largest absolute Gasteiger partial charge is 0.304 e. The van der Waals surface area contributed by atoms with Gasteiger partial charge in [-0.3, -0.25) is 4.90 Å². The van der Waals surface area contributed by atoms with E-state index in [1.807, 2.05) is 0 Å². The van der Waals surface area contributed by atoms with Gasteiger partial charge in [-0.2, -0.15) is 0 Å². The Morgan fingerprint density at radius 1 is 1.08 bits per heavy atom. The molecule has 2 aliphatic heterocycles. The van der Waals surface area contributed by atoms with Crippen molar-refractivity contribution in [3.63, 3.8) is 0 Å². The third kappa shape index (κ3) is 1.64. The molecule has 0 bridgehead atoms. The molecule has 0 spiro atoms. The summed E-state index contributed by atoms with van der Waals surface area (Å²) in [5.41, 5.74) is 0. The van der Waals surface area contributed by atoms with Crippen molar-refractivity contribution in [1.82, 2.24) is 9.80 Å². The van der Waals surface area contributed by atoms with Crippen molar-refractivity contribution in [2.24, 2.45) is 5.92 Å². The molecule has 2 nitrogen and oxygen atoms in total. The molecular formula is C10H20N2. The normalized spacial score (nSPS) is 39.5. The van der Waals surface area contributed by atoms with Gasteiger partial charge in [-0.05, 0) is 25.8 Å². The number of fused-ring (bicyclic) bond motifs is 1. The molecule has 0 radical (unpaired) electrons. The first kappa shape index (κ1) is 8.52. The van der Waals surface area contributed by atoms with Gasteiger partial charge in [0, 0.05) is 32.2 Å². The Morgan fingerprint density at radius 3 is 2.75 bits per heavy atom. The molecule has 0 N–H and O–H groups in total. The fraction of sp³-hybridized carbons (Fsp3) is 1.00. The van der Waals surface area contributed by atoms with Crippen LogP contribution in [0.2, 0.25) is 0 Å². The van der Waals surface area contributed by atoms with Crippen LogP contribution < -0.4 is 0 Å². The first-order valence-electron chi connectivity index (χ1n) is 5.18. The maximum atomic E-state index is 2.69. The van der Waals surface area contributed by atoms with Crippen molar-refractivity contribution in [3.8, 4) is 0 Å². The molecule has 70 valence electrons. The van der Waals surface area contributed by atoms with Gasteiger partial charge in [0.1, 0.15) is 0 Å². The lowest BCUT2D eigenvalue weighted by molar-refractivity contribution is 0.0424. The predicted molar refractivity (Wildman–Crippen MR) is 51.3 cm³/mol. The molecule has 2 rings (SSSR count). The van der Waals surface area contributed by atoms with E-state index in [-0.39, 0.29) is 0 Å². The van der Waals surface area contributed by atoms with Gasteiger partial charge in [-0.25, -0.2) is 0 Å². The second-order valence-electron chi connectivity index (χ2n) is 4.59. The number of hydrogen-bond acceptors (Lipinski definition) is 2. The van der Waals surface area contributed by atoms with Crippen molar-refractivity contribution in [2.45, 2.75) is 25.8 Å². The zero-order valence-electron chi connectivity index (χ0n) is 8.29. The van der Waals surface area contributed by atoms with Crippen LogP contribution in [0.15, 0.2) is 0 Å². The summed E-state index contributed by atoms with van der Waals surface area (Å²) in [6.45, 7) is 7.59. The standard InChI is InChI=1S/C10H20N2/c1-9-3-4-10-8-11(2)5-6-12(10)7-9/h9-10H,3-8H2,1-2H3/t9-,10?/m1/s1. The second-order valence-corrected chi connectivity index (χ2v) is 4.59. The zero-order chi connectivity index (χ0) is 8.55. The molecule has 2 atom stereocenters. The fourth-order valence-corrected chi connectivity index (χ4v) is 2.53. The van der Waals surface area contributed by atoms with E-state index in [4.69, 9.17) is 0 Å². The smallest absolute Gasteiger partial charge is 0.0223 e. The van der Waals surface area contributed by atoms with Gasteiger partial charge < -0.3 is 4.90 Å². The highest BCUT2D eigenvalue weighted by Gasteiger charge is 2.29. The lowest BCUT2D eigenvalue weighted by Crippen LogP contribution is -2.55. The molecular weight excluding hydrogens is 148 g/mol. The van der Waals surface area contributed by atoms with E-state index in [9.17, 15) is 0 Å². The molecule has 2 heteroatoms. The number of piperidine rings is 1. The van der Waals surface area contributed by atoms with Gasteiger partial charge in [0.25, 0.3) is 0 Å². The summed E-state index contributed by atoms with van der Waals surface area (Å²) in [6.07, 6.45) is 2.86. The van der Waals surface area contributed by atoms with Crippen molar-refractivity contribution >= 4 is 0 Å². The van der Waals surface area contributed by atoms with E-state index >= 15 is 0 Å². The highest BCUT2D eigenvalue weighted by molar-refractivity contribution is 4.85. The van der Waals surface area contributed by atoms with E-state index < -0.39 is 0 Å². The quantitative estimate of drug-likeness (QED) is 0.533. The molecule has 1 unspecified atom stereocenters. The third-order valence-electron chi connectivity index (χ3n) is 3.35. The summed E-state index contributed by atoms with van der Waals surface area (Å²) in [6, 6.07) is 0.875. The topological polar surface area (TPSA) is 6.48 Å². The summed E-state index contributed by atoms with van der Waals surface area (Å²) in [5.74, 6) is 0.935. The Balaban J connectivity index is 1.94. The molecule has 0 aliphatic carbocycles. The molecule has 2 heterocycles. The summed E-state index contributed by atoms with van der Waals surface area (Å²) in [5, 5.41) is 0. The molecule has 12 heavy (non-hydrogen) atoms. The Labute approximate surface area is 75.5 Å². The summed E-state index contributed by atoms with van der Waals surface area (Å²) in [7, 11) is 2.25. The van der Waals surface area contributed by atoms with Crippen LogP contribution in [0, 0.1) is 5.92 Å². The van der Waals surface area contributed by atoms with Gasteiger partial charge >= 0.3 is 0 Å². The fourth-order valence-electron chi connectivity index (χ4n) is 2.53. The van der Waals surface area contributed by atoms with Crippen LogP contribution in [0.3, 0.4) is 0 Å². The lowest BCUT2D eigenvalue weighted by atomic mass is 9.93. The minimum absolute atomic E-state index is 0.875. The molecule has 2 aliphatic rings. The number of piperazine rings is 1. The highest BCUT2D eigenvalue weighted by atomic mass is 15.3. The number of rotatable bonds is 0. The Kier molecular flexibility index (Phi) is 2.37. The van der Waals surface area contributed by atoms with Crippen molar-refractivity contribution in [1.29, 1.82) is 0 Å². The van der Waals surface area contributed by atoms with Gasteiger partial charge in [-0.15, -0.1) is 0 Å². The number of hydrogen-bond donors (Lipinski definition) is 0. The van der Waals surface area contributed by atoms with E-state index in [1.165, 1.54) is 39.0 Å². The van der Waals surface area contributed by atoms with Gasteiger partial charge in [0.15, 0.2) is 0 Å². The maximum Gasteiger partial charge on any atom is 0.0223 e. The number of nitrogens with zero attached hydrogens (tertiary/aromatic N) is 2. The summed E-state index contributed by atoms with van der Waals surface area (Å²) >= 11 is 0. The molecule has 2 saturated heterocycles. The molecule has 0 aromatic carbocycles. The SMILES string of the molecule is C[C@@H]1CCC2CN(C)CCN2C1. The Bertz CT molecular complexity index is 140. The number of likely N-dealkylation sites (N-methyl/N-ethyl adjacent to an activating group) is 1. The van der Waals surface area contributed by atoms with Gasteiger partial charge in [0.2, 0.25) is 0 Å². The third-order valence-corrected chi connectivity index (χ3v) is 3.35. The van der Waals surface area contributed by atoms with Crippen LogP contribution in [0.5, 0.6) is 0 Å². The first-order valence-corrected chi connectivity index (χ1v) is 5.18. The van der Waals surface area contributed by atoms with Crippen molar-refractivity contribution < 1.29 is 0 Å². The van der Waals surface area contributed by atoms with Crippen LogP contribution in [-0.2, 0) is 0 Å². The summed E-state index contributed by atoms with van der Waals surface area (Å²) < 4.78 is 0. The van der Waals surface area contributed by atoms with Crippen LogP contribution in [-0.4, -0.2) is 49.1 Å². The highest BCUT2D eigenvalue weighted by Crippen LogP contribution is 2.23. The first-order chi connectivity index (χ1) is 5.75. The minimum atomic E-state index is 0.875. The van der Waals surface area contributed by atoms with E-state index in [1.54, 1.807) is 0 Å². The monoisotopic (exact) mass is 168 g/mol. The molecule has 0 aromatic heterocycles.